The second-order valence-electron chi connectivity index (χ2n) is 7.74. The van der Waals surface area contributed by atoms with Crippen LogP contribution in [0.2, 0.25) is 0 Å². The zero-order chi connectivity index (χ0) is 20.5. The molecule has 1 fully saturated rings. The van der Waals surface area contributed by atoms with Gasteiger partial charge in [0.05, 0.1) is 5.56 Å². The van der Waals surface area contributed by atoms with Gasteiger partial charge in [0, 0.05) is 41.6 Å². The van der Waals surface area contributed by atoms with Gasteiger partial charge in [0.25, 0.3) is 5.91 Å². The maximum Gasteiger partial charge on any atom is 0.257 e. The van der Waals surface area contributed by atoms with E-state index in [2.05, 4.69) is 40.3 Å². The highest BCUT2D eigenvalue weighted by Crippen LogP contribution is 2.26. The molecule has 0 saturated carbocycles. The van der Waals surface area contributed by atoms with Crippen LogP contribution in [0.4, 0.5) is 5.69 Å². The molecular formula is C24H25N3O2. The van der Waals surface area contributed by atoms with Gasteiger partial charge in [-0.3, -0.25) is 9.59 Å². The second-order valence-corrected chi connectivity index (χ2v) is 7.74. The van der Waals surface area contributed by atoms with Crippen LogP contribution < -0.4 is 10.6 Å². The van der Waals surface area contributed by atoms with E-state index in [9.17, 15) is 9.59 Å². The zero-order valence-corrected chi connectivity index (χ0v) is 17.0. The number of benzene rings is 2. The summed E-state index contributed by atoms with van der Waals surface area (Å²) in [5, 5.41) is 5.88. The summed E-state index contributed by atoms with van der Waals surface area (Å²) in [4.78, 5) is 24.5. The number of amides is 2. The van der Waals surface area contributed by atoms with Gasteiger partial charge in [-0.15, -0.1) is 0 Å². The molecule has 0 aliphatic carbocycles. The van der Waals surface area contributed by atoms with Gasteiger partial charge in [-0.1, -0.05) is 24.3 Å². The Balaban J connectivity index is 1.58. The summed E-state index contributed by atoms with van der Waals surface area (Å²) in [7, 11) is 0. The lowest BCUT2D eigenvalue weighted by molar-refractivity contribution is -0.119. The smallest absolute Gasteiger partial charge is 0.257 e. The molecule has 5 heteroatoms. The number of nitrogens with zero attached hydrogens (tertiary/aromatic N) is 1. The summed E-state index contributed by atoms with van der Waals surface area (Å²) in [6.45, 7) is 6.69. The lowest BCUT2D eigenvalue weighted by Gasteiger charge is -2.12. The molecule has 0 unspecified atom stereocenters. The van der Waals surface area contributed by atoms with Gasteiger partial charge >= 0.3 is 0 Å². The molecule has 0 spiro atoms. The van der Waals surface area contributed by atoms with Crippen molar-refractivity contribution in [1.29, 1.82) is 0 Å². The van der Waals surface area contributed by atoms with Crippen LogP contribution in [0.5, 0.6) is 0 Å². The minimum atomic E-state index is -0.130. The lowest BCUT2D eigenvalue weighted by atomic mass is 9.98. The molecule has 2 heterocycles. The molecule has 1 aliphatic rings. The molecule has 5 nitrogen and oxygen atoms in total. The van der Waals surface area contributed by atoms with Gasteiger partial charge < -0.3 is 15.2 Å². The van der Waals surface area contributed by atoms with Crippen LogP contribution in [0.1, 0.15) is 45.2 Å². The molecule has 148 valence electrons. The molecule has 1 saturated heterocycles. The van der Waals surface area contributed by atoms with Crippen molar-refractivity contribution in [2.45, 2.75) is 33.1 Å². The molecule has 2 amide bonds. The van der Waals surface area contributed by atoms with Crippen LogP contribution in [0.25, 0.3) is 5.69 Å². The van der Waals surface area contributed by atoms with Crippen molar-refractivity contribution < 1.29 is 9.59 Å². The van der Waals surface area contributed by atoms with Crippen molar-refractivity contribution in [2.75, 3.05) is 11.9 Å². The average Bonchev–Trinajstić information content (AvgIpc) is 3.25. The SMILES string of the molecule is Cc1cccc(-n2c(C)cc(C(=O)Nc3cccc([C@@H]4CNC(=O)C4)c3)c2C)c1. The van der Waals surface area contributed by atoms with Crippen molar-refractivity contribution in [3.63, 3.8) is 0 Å². The fraction of sp³-hybridized carbons (Fsp3) is 0.250. The Morgan fingerprint density at radius 2 is 1.86 bits per heavy atom. The second kappa shape index (κ2) is 7.59. The van der Waals surface area contributed by atoms with E-state index in [0.717, 1.165) is 28.3 Å². The normalized spacial score (nSPS) is 16.0. The van der Waals surface area contributed by atoms with E-state index in [4.69, 9.17) is 0 Å². The van der Waals surface area contributed by atoms with Crippen molar-refractivity contribution in [2.24, 2.45) is 0 Å². The van der Waals surface area contributed by atoms with E-state index in [-0.39, 0.29) is 17.7 Å². The lowest BCUT2D eigenvalue weighted by Crippen LogP contribution is -2.14. The first-order valence-corrected chi connectivity index (χ1v) is 9.86. The third kappa shape index (κ3) is 3.81. The molecule has 2 aromatic carbocycles. The Kier molecular flexibility index (Phi) is 4.97. The number of hydrogen-bond acceptors (Lipinski definition) is 2. The first-order valence-electron chi connectivity index (χ1n) is 9.86. The molecular weight excluding hydrogens is 362 g/mol. The molecule has 1 atom stereocenters. The number of anilines is 1. The summed E-state index contributed by atoms with van der Waals surface area (Å²) in [6, 6.07) is 17.9. The summed E-state index contributed by atoms with van der Waals surface area (Å²) < 4.78 is 2.11. The minimum Gasteiger partial charge on any atom is -0.355 e. The highest BCUT2D eigenvalue weighted by atomic mass is 16.2. The highest BCUT2D eigenvalue weighted by Gasteiger charge is 2.23. The van der Waals surface area contributed by atoms with Gasteiger partial charge in [-0.2, -0.15) is 0 Å². The van der Waals surface area contributed by atoms with Crippen LogP contribution in [-0.4, -0.2) is 22.9 Å². The minimum absolute atomic E-state index is 0.0769. The van der Waals surface area contributed by atoms with Gasteiger partial charge in [0.1, 0.15) is 0 Å². The van der Waals surface area contributed by atoms with E-state index < -0.39 is 0 Å². The Morgan fingerprint density at radius 1 is 1.07 bits per heavy atom. The molecule has 1 aliphatic heterocycles. The molecule has 4 rings (SSSR count). The fourth-order valence-corrected chi connectivity index (χ4v) is 4.07. The van der Waals surface area contributed by atoms with Crippen molar-refractivity contribution in [1.82, 2.24) is 9.88 Å². The quantitative estimate of drug-likeness (QED) is 0.703. The molecule has 29 heavy (non-hydrogen) atoms. The number of aryl methyl sites for hydroxylation is 2. The summed E-state index contributed by atoms with van der Waals surface area (Å²) in [5.41, 5.74) is 6.62. The number of hydrogen-bond donors (Lipinski definition) is 2. The predicted octanol–water partition coefficient (Wildman–Crippen LogP) is 4.26. The van der Waals surface area contributed by atoms with Gasteiger partial charge in [0.2, 0.25) is 5.91 Å². The van der Waals surface area contributed by atoms with E-state index in [0.29, 0.717) is 18.5 Å². The summed E-state index contributed by atoms with van der Waals surface area (Å²) in [6.07, 6.45) is 0.495. The van der Waals surface area contributed by atoms with Crippen molar-refractivity contribution in [3.05, 3.63) is 82.7 Å². The average molecular weight is 387 g/mol. The van der Waals surface area contributed by atoms with Crippen molar-refractivity contribution in [3.8, 4) is 5.69 Å². The van der Waals surface area contributed by atoms with Crippen LogP contribution in [0.3, 0.4) is 0 Å². The predicted molar refractivity (Wildman–Crippen MR) is 115 cm³/mol. The molecule has 2 N–H and O–H groups in total. The Morgan fingerprint density at radius 3 is 2.59 bits per heavy atom. The zero-order valence-electron chi connectivity index (χ0n) is 17.0. The fourth-order valence-electron chi connectivity index (χ4n) is 4.07. The highest BCUT2D eigenvalue weighted by molar-refractivity contribution is 6.05. The number of rotatable bonds is 4. The van der Waals surface area contributed by atoms with E-state index in [1.54, 1.807) is 0 Å². The van der Waals surface area contributed by atoms with E-state index in [1.807, 2.05) is 50.2 Å². The third-order valence-corrected chi connectivity index (χ3v) is 5.53. The summed E-state index contributed by atoms with van der Waals surface area (Å²) >= 11 is 0. The molecule has 3 aromatic rings. The Bertz CT molecular complexity index is 1100. The monoisotopic (exact) mass is 387 g/mol. The number of nitrogens with one attached hydrogen (secondary N) is 2. The van der Waals surface area contributed by atoms with Crippen LogP contribution in [-0.2, 0) is 4.79 Å². The van der Waals surface area contributed by atoms with E-state index in [1.165, 1.54) is 5.56 Å². The number of carbonyl (C=O) groups excluding carboxylic acids is 2. The van der Waals surface area contributed by atoms with Crippen LogP contribution in [0, 0.1) is 20.8 Å². The van der Waals surface area contributed by atoms with Gasteiger partial charge in [-0.05, 0) is 62.2 Å². The van der Waals surface area contributed by atoms with Gasteiger partial charge in [-0.25, -0.2) is 0 Å². The molecule has 0 radical (unpaired) electrons. The molecule has 1 aromatic heterocycles. The first kappa shape index (κ1) is 19.0. The number of carbonyl (C=O) groups is 2. The Labute approximate surface area is 170 Å². The standard InChI is InChI=1S/C24H25N3O2/c1-15-6-4-9-21(10-15)27-16(2)11-22(17(27)3)24(29)26-20-8-5-7-18(12-20)19-13-23(28)25-14-19/h4-12,19H,13-14H2,1-3H3,(H,25,28)(H,26,29)/t19-/m0/s1. The van der Waals surface area contributed by atoms with Crippen molar-refractivity contribution >= 4 is 17.5 Å². The molecule has 0 bridgehead atoms. The largest absolute Gasteiger partial charge is 0.355 e. The van der Waals surface area contributed by atoms with Gasteiger partial charge in [0.15, 0.2) is 0 Å². The van der Waals surface area contributed by atoms with Crippen LogP contribution >= 0.6 is 0 Å². The Hall–Kier alpha value is -3.34. The summed E-state index contributed by atoms with van der Waals surface area (Å²) in [5.74, 6) is 0.105. The maximum atomic E-state index is 13.0. The maximum absolute atomic E-state index is 13.0. The number of aromatic nitrogens is 1. The third-order valence-electron chi connectivity index (χ3n) is 5.53. The topological polar surface area (TPSA) is 63.1 Å². The van der Waals surface area contributed by atoms with Crippen LogP contribution in [0.15, 0.2) is 54.6 Å². The first-order chi connectivity index (χ1) is 13.9. The van der Waals surface area contributed by atoms with E-state index >= 15 is 0 Å².